The lowest BCUT2D eigenvalue weighted by atomic mass is 10.0. The fourth-order valence-electron chi connectivity index (χ4n) is 3.04. The number of nitrogens with zero attached hydrogens (tertiary/aromatic N) is 2. The third kappa shape index (κ3) is 9.39. The quantitative estimate of drug-likeness (QED) is 0.111. The molecule has 0 spiro atoms. The molecule has 0 bridgehead atoms. The van der Waals surface area contributed by atoms with Gasteiger partial charge in [0.05, 0.1) is 0 Å². The van der Waals surface area contributed by atoms with Gasteiger partial charge in [-0.1, -0.05) is 18.2 Å². The standard InChI is InChI=1S/C23H28N6O5/c24-23(25)27-11-1-2-17(5-8-20(31)32)28-22(34)19(14-15-3-6-18(30)7-4-15)29-21(33)16-9-12-26-13-10-16/h3-10,12-13,17,19,30H,1-2,11,14H2,(H,28,34)(H,29,33)(H,31,32)(H4,24,25,27)/b8-5+/t17-,19-/m0/s1. The van der Waals surface area contributed by atoms with E-state index in [2.05, 4.69) is 20.6 Å². The molecule has 1 aromatic heterocycles. The monoisotopic (exact) mass is 468 g/mol. The van der Waals surface area contributed by atoms with E-state index in [0.717, 1.165) is 6.08 Å². The highest BCUT2D eigenvalue weighted by Crippen LogP contribution is 2.12. The number of carbonyl (C=O) groups is 3. The zero-order valence-corrected chi connectivity index (χ0v) is 18.4. The maximum atomic E-state index is 13.1. The van der Waals surface area contributed by atoms with Gasteiger partial charge in [0.2, 0.25) is 5.91 Å². The minimum atomic E-state index is -1.16. The van der Waals surface area contributed by atoms with Gasteiger partial charge in [-0.2, -0.15) is 0 Å². The smallest absolute Gasteiger partial charge is 0.328 e. The molecule has 2 rings (SSSR count). The minimum Gasteiger partial charge on any atom is -0.508 e. The summed E-state index contributed by atoms with van der Waals surface area (Å²) in [5.74, 6) is -2.11. The van der Waals surface area contributed by atoms with E-state index in [0.29, 0.717) is 30.5 Å². The Labute approximate surface area is 196 Å². The van der Waals surface area contributed by atoms with Gasteiger partial charge in [0.15, 0.2) is 5.96 Å². The number of aromatic nitrogens is 1. The van der Waals surface area contributed by atoms with E-state index < -0.39 is 29.9 Å². The summed E-state index contributed by atoms with van der Waals surface area (Å²) in [4.78, 5) is 44.6. The number of rotatable bonds is 12. The summed E-state index contributed by atoms with van der Waals surface area (Å²) in [6.45, 7) is 0.311. The molecule has 34 heavy (non-hydrogen) atoms. The number of carboxylic acids is 1. The highest BCUT2D eigenvalue weighted by atomic mass is 16.4. The lowest BCUT2D eigenvalue weighted by molar-refractivity contribution is -0.131. The van der Waals surface area contributed by atoms with E-state index in [9.17, 15) is 19.5 Å². The maximum absolute atomic E-state index is 13.1. The summed E-state index contributed by atoms with van der Waals surface area (Å²) < 4.78 is 0. The van der Waals surface area contributed by atoms with Gasteiger partial charge in [0.1, 0.15) is 11.8 Å². The molecule has 0 aliphatic carbocycles. The molecule has 0 aliphatic heterocycles. The molecule has 0 saturated heterocycles. The normalized spacial score (nSPS) is 12.5. The lowest BCUT2D eigenvalue weighted by Gasteiger charge is -2.22. The molecule has 180 valence electrons. The number of carbonyl (C=O) groups excluding carboxylic acids is 2. The van der Waals surface area contributed by atoms with Crippen LogP contribution in [0, 0.1) is 0 Å². The van der Waals surface area contributed by atoms with Gasteiger partial charge in [-0.05, 0) is 42.7 Å². The molecule has 1 aromatic carbocycles. The Balaban J connectivity index is 2.18. The molecular formula is C23H28N6O5. The van der Waals surface area contributed by atoms with Crippen molar-refractivity contribution < 1.29 is 24.6 Å². The van der Waals surface area contributed by atoms with E-state index in [4.69, 9.17) is 16.6 Å². The van der Waals surface area contributed by atoms with Gasteiger partial charge in [-0.25, -0.2) is 4.79 Å². The van der Waals surface area contributed by atoms with Crippen molar-refractivity contribution in [1.82, 2.24) is 15.6 Å². The Bertz CT molecular complexity index is 1020. The average molecular weight is 469 g/mol. The summed E-state index contributed by atoms with van der Waals surface area (Å²) in [5, 5.41) is 24.0. The number of phenols is 1. The van der Waals surface area contributed by atoms with Gasteiger partial charge < -0.3 is 32.3 Å². The van der Waals surface area contributed by atoms with Crippen LogP contribution in [0.4, 0.5) is 0 Å². The van der Waals surface area contributed by atoms with Gasteiger partial charge >= 0.3 is 5.97 Å². The number of hydrogen-bond donors (Lipinski definition) is 6. The zero-order chi connectivity index (χ0) is 24.9. The van der Waals surface area contributed by atoms with Gasteiger partial charge in [-0.15, -0.1) is 0 Å². The van der Waals surface area contributed by atoms with Crippen molar-refractivity contribution in [2.75, 3.05) is 6.54 Å². The number of aliphatic imine (C=N–C) groups is 1. The molecule has 2 amide bonds. The number of aromatic hydroxyl groups is 1. The predicted octanol–water partition coefficient (Wildman–Crippen LogP) is 0.308. The molecule has 1 heterocycles. The Morgan fingerprint density at radius 3 is 2.35 bits per heavy atom. The van der Waals surface area contributed by atoms with Crippen LogP contribution in [0.3, 0.4) is 0 Å². The van der Waals surface area contributed by atoms with Gasteiger partial charge in [0.25, 0.3) is 5.91 Å². The van der Waals surface area contributed by atoms with Crippen LogP contribution in [0.2, 0.25) is 0 Å². The second-order valence-corrected chi connectivity index (χ2v) is 7.39. The summed E-state index contributed by atoms with van der Waals surface area (Å²) in [6, 6.07) is 7.70. The maximum Gasteiger partial charge on any atom is 0.328 e. The number of nitrogens with one attached hydrogen (secondary N) is 2. The highest BCUT2D eigenvalue weighted by molar-refractivity contribution is 5.97. The van der Waals surface area contributed by atoms with Crippen LogP contribution in [-0.4, -0.2) is 57.6 Å². The third-order valence-electron chi connectivity index (χ3n) is 4.71. The highest BCUT2D eigenvalue weighted by Gasteiger charge is 2.24. The Morgan fingerprint density at radius 2 is 1.74 bits per heavy atom. The third-order valence-corrected chi connectivity index (χ3v) is 4.71. The van der Waals surface area contributed by atoms with Crippen LogP contribution in [-0.2, 0) is 16.0 Å². The summed E-state index contributed by atoms with van der Waals surface area (Å²) in [5.41, 5.74) is 11.7. The molecule has 8 N–H and O–H groups in total. The van der Waals surface area contributed by atoms with Crippen LogP contribution in [0.25, 0.3) is 0 Å². The van der Waals surface area contributed by atoms with E-state index in [1.165, 1.54) is 42.7 Å². The lowest BCUT2D eigenvalue weighted by Crippen LogP contribution is -2.50. The van der Waals surface area contributed by atoms with Crippen molar-refractivity contribution in [2.24, 2.45) is 16.5 Å². The van der Waals surface area contributed by atoms with Gasteiger partial charge in [0, 0.05) is 43.0 Å². The molecule has 0 radical (unpaired) electrons. The number of phenolic OH excluding ortho intramolecular Hbond substituents is 1. The molecule has 0 unspecified atom stereocenters. The topological polar surface area (TPSA) is 193 Å². The number of aliphatic carboxylic acids is 1. The van der Waals surface area contributed by atoms with Crippen molar-refractivity contribution in [3.63, 3.8) is 0 Å². The van der Waals surface area contributed by atoms with E-state index in [1.807, 2.05) is 0 Å². The molecule has 0 saturated carbocycles. The number of nitrogens with two attached hydrogens (primary N) is 2. The molecule has 0 fully saturated rings. The largest absolute Gasteiger partial charge is 0.508 e. The molecule has 2 atom stereocenters. The first-order valence-corrected chi connectivity index (χ1v) is 10.5. The summed E-state index contributed by atoms with van der Waals surface area (Å²) in [7, 11) is 0. The van der Waals surface area contributed by atoms with Crippen molar-refractivity contribution >= 4 is 23.7 Å². The fraction of sp³-hybridized carbons (Fsp3) is 0.261. The minimum absolute atomic E-state index is 0.0607. The van der Waals surface area contributed by atoms with Crippen molar-refractivity contribution in [3.8, 4) is 5.75 Å². The van der Waals surface area contributed by atoms with Crippen LogP contribution >= 0.6 is 0 Å². The van der Waals surface area contributed by atoms with Crippen LogP contribution in [0.1, 0.15) is 28.8 Å². The number of benzene rings is 1. The number of pyridine rings is 1. The van der Waals surface area contributed by atoms with Crippen molar-refractivity contribution in [1.29, 1.82) is 0 Å². The van der Waals surface area contributed by atoms with Crippen LogP contribution in [0.5, 0.6) is 5.75 Å². The van der Waals surface area contributed by atoms with Crippen LogP contribution < -0.4 is 22.1 Å². The fourth-order valence-corrected chi connectivity index (χ4v) is 3.04. The second kappa shape index (κ2) is 13.2. The molecule has 11 heteroatoms. The first kappa shape index (κ1) is 25.8. The Hall–Kier alpha value is -4.41. The number of carboxylic acid groups (broad SMARTS) is 1. The number of hydrogen-bond acceptors (Lipinski definition) is 6. The first-order valence-electron chi connectivity index (χ1n) is 10.5. The molecule has 2 aromatic rings. The van der Waals surface area contributed by atoms with Crippen molar-refractivity contribution in [3.05, 3.63) is 72.1 Å². The van der Waals surface area contributed by atoms with Gasteiger partial charge in [-0.3, -0.25) is 19.6 Å². The zero-order valence-electron chi connectivity index (χ0n) is 18.4. The molecule has 0 aliphatic rings. The van der Waals surface area contributed by atoms with E-state index in [1.54, 1.807) is 12.1 Å². The average Bonchev–Trinajstić information content (AvgIpc) is 2.81. The molecular weight excluding hydrogens is 440 g/mol. The van der Waals surface area contributed by atoms with Crippen LogP contribution in [0.15, 0.2) is 65.9 Å². The summed E-state index contributed by atoms with van der Waals surface area (Å²) in [6.07, 6.45) is 6.23. The first-order chi connectivity index (χ1) is 16.2. The molecule has 11 nitrogen and oxygen atoms in total. The van der Waals surface area contributed by atoms with E-state index in [-0.39, 0.29) is 18.1 Å². The Kier molecular flexibility index (Phi) is 10.0. The SMILES string of the molecule is NC(N)=NCCC[C@@H](/C=C/C(=O)O)NC(=O)[C@H](Cc1ccc(O)cc1)NC(=O)c1ccncc1. The number of guanidine groups is 1. The van der Waals surface area contributed by atoms with E-state index >= 15 is 0 Å². The van der Waals surface area contributed by atoms with Crippen molar-refractivity contribution in [2.45, 2.75) is 31.3 Å². The predicted molar refractivity (Wildman–Crippen MR) is 126 cm³/mol. The second-order valence-electron chi connectivity index (χ2n) is 7.39. The summed E-state index contributed by atoms with van der Waals surface area (Å²) >= 11 is 0. The number of amides is 2. The Morgan fingerprint density at radius 1 is 1.06 bits per heavy atom.